The SMILES string of the molecule is CCCCCCCCCCCCCCN(CCO)CCOCCOCCOCCO. The number of rotatable bonds is 26. The van der Waals surface area contributed by atoms with Crippen LogP contribution in [0.25, 0.3) is 0 Å². The van der Waals surface area contributed by atoms with Crippen molar-refractivity contribution in [3.8, 4) is 0 Å². The molecule has 0 aliphatic carbocycles. The Morgan fingerprint density at radius 1 is 0.467 bits per heavy atom. The first-order valence-electron chi connectivity index (χ1n) is 12.5. The molecule has 6 heteroatoms. The van der Waals surface area contributed by atoms with Crippen LogP contribution in [-0.4, -0.2) is 87.6 Å². The van der Waals surface area contributed by atoms with Gasteiger partial charge in [-0.1, -0.05) is 77.6 Å². The second-order valence-electron chi connectivity index (χ2n) is 8.02. The fourth-order valence-electron chi connectivity index (χ4n) is 3.45. The molecule has 0 rings (SSSR count). The monoisotopic (exact) mass is 433 g/mol. The summed E-state index contributed by atoms with van der Waals surface area (Å²) >= 11 is 0. The summed E-state index contributed by atoms with van der Waals surface area (Å²) in [6.45, 7) is 8.34. The van der Waals surface area contributed by atoms with E-state index in [4.69, 9.17) is 19.3 Å². The maximum absolute atomic E-state index is 9.26. The lowest BCUT2D eigenvalue weighted by Gasteiger charge is -2.21. The first kappa shape index (κ1) is 29.8. The fourth-order valence-corrected chi connectivity index (χ4v) is 3.45. The number of aliphatic hydroxyl groups excluding tert-OH is 2. The third kappa shape index (κ3) is 24.0. The van der Waals surface area contributed by atoms with E-state index in [0.717, 1.165) is 19.6 Å². The van der Waals surface area contributed by atoms with Crippen molar-refractivity contribution in [2.24, 2.45) is 0 Å². The summed E-state index contributed by atoms with van der Waals surface area (Å²) in [7, 11) is 0. The third-order valence-corrected chi connectivity index (χ3v) is 5.28. The molecule has 0 saturated carbocycles. The van der Waals surface area contributed by atoms with Crippen molar-refractivity contribution >= 4 is 0 Å². The molecule has 0 aliphatic heterocycles. The van der Waals surface area contributed by atoms with Crippen LogP contribution in [0.2, 0.25) is 0 Å². The number of unbranched alkanes of at least 4 members (excludes halogenated alkanes) is 11. The Labute approximate surface area is 186 Å². The Balaban J connectivity index is 3.39. The van der Waals surface area contributed by atoms with Crippen LogP contribution in [0.1, 0.15) is 84.0 Å². The maximum atomic E-state index is 9.26. The minimum absolute atomic E-state index is 0.0483. The van der Waals surface area contributed by atoms with Crippen molar-refractivity contribution < 1.29 is 24.4 Å². The maximum Gasteiger partial charge on any atom is 0.0701 e. The van der Waals surface area contributed by atoms with Gasteiger partial charge in [-0.15, -0.1) is 0 Å². The zero-order valence-corrected chi connectivity index (χ0v) is 19.8. The van der Waals surface area contributed by atoms with Crippen LogP contribution < -0.4 is 0 Å². The molecule has 0 aromatic rings. The van der Waals surface area contributed by atoms with E-state index in [-0.39, 0.29) is 13.2 Å². The number of nitrogens with zero attached hydrogens (tertiary/aromatic N) is 1. The van der Waals surface area contributed by atoms with Gasteiger partial charge >= 0.3 is 0 Å². The highest BCUT2D eigenvalue weighted by molar-refractivity contribution is 4.58. The lowest BCUT2D eigenvalue weighted by molar-refractivity contribution is 0.00405. The quantitative estimate of drug-likeness (QED) is 0.201. The molecule has 2 N–H and O–H groups in total. The molecule has 0 saturated heterocycles. The van der Waals surface area contributed by atoms with Gasteiger partial charge in [-0.2, -0.15) is 0 Å². The summed E-state index contributed by atoms with van der Waals surface area (Å²) in [4.78, 5) is 2.29. The highest BCUT2D eigenvalue weighted by atomic mass is 16.5. The van der Waals surface area contributed by atoms with Gasteiger partial charge in [0.05, 0.1) is 52.9 Å². The highest BCUT2D eigenvalue weighted by Crippen LogP contribution is 2.12. The van der Waals surface area contributed by atoms with Gasteiger partial charge in [0.15, 0.2) is 0 Å². The van der Waals surface area contributed by atoms with Gasteiger partial charge in [0, 0.05) is 13.1 Å². The molecule has 0 heterocycles. The van der Waals surface area contributed by atoms with Crippen LogP contribution in [0.15, 0.2) is 0 Å². The standard InChI is InChI=1S/C24H51NO5/c1-2-3-4-5-6-7-8-9-10-11-12-13-14-25(15-17-26)16-19-28-21-23-30-24-22-29-20-18-27/h26-27H,2-24H2,1H3. The average Bonchev–Trinajstić information content (AvgIpc) is 2.75. The summed E-state index contributed by atoms with van der Waals surface area (Å²) < 4.78 is 16.1. The Kier molecular flexibility index (Phi) is 26.6. The largest absolute Gasteiger partial charge is 0.395 e. The molecule has 6 nitrogen and oxygen atoms in total. The zero-order valence-electron chi connectivity index (χ0n) is 19.8. The molecule has 30 heavy (non-hydrogen) atoms. The topological polar surface area (TPSA) is 71.4 Å². The first-order valence-corrected chi connectivity index (χ1v) is 12.5. The molecule has 0 aromatic carbocycles. The minimum atomic E-state index is 0.0483. The molecular weight excluding hydrogens is 382 g/mol. The van der Waals surface area contributed by atoms with Crippen LogP contribution in [-0.2, 0) is 14.2 Å². The second kappa shape index (κ2) is 26.8. The average molecular weight is 434 g/mol. The highest BCUT2D eigenvalue weighted by Gasteiger charge is 2.04. The van der Waals surface area contributed by atoms with E-state index in [1.807, 2.05) is 0 Å². The van der Waals surface area contributed by atoms with E-state index in [1.54, 1.807) is 0 Å². The molecule has 0 bridgehead atoms. The number of hydrogen-bond donors (Lipinski definition) is 2. The molecule has 0 amide bonds. The van der Waals surface area contributed by atoms with Gasteiger partial charge in [0.1, 0.15) is 0 Å². The molecule has 0 aliphatic rings. The van der Waals surface area contributed by atoms with Gasteiger partial charge in [0.2, 0.25) is 0 Å². The van der Waals surface area contributed by atoms with Crippen molar-refractivity contribution in [1.29, 1.82) is 0 Å². The van der Waals surface area contributed by atoms with Crippen molar-refractivity contribution in [1.82, 2.24) is 4.90 Å². The Morgan fingerprint density at radius 2 is 0.933 bits per heavy atom. The van der Waals surface area contributed by atoms with Gasteiger partial charge in [-0.3, -0.25) is 4.90 Å². The van der Waals surface area contributed by atoms with Crippen molar-refractivity contribution in [2.45, 2.75) is 84.0 Å². The zero-order chi connectivity index (χ0) is 22.0. The van der Waals surface area contributed by atoms with Crippen LogP contribution >= 0.6 is 0 Å². The van der Waals surface area contributed by atoms with Crippen molar-refractivity contribution in [2.75, 3.05) is 72.5 Å². The number of aliphatic hydroxyl groups is 2. The van der Waals surface area contributed by atoms with E-state index in [0.29, 0.717) is 39.6 Å². The van der Waals surface area contributed by atoms with E-state index >= 15 is 0 Å². The second-order valence-corrected chi connectivity index (χ2v) is 8.02. The molecule has 0 spiro atoms. The number of hydrogen-bond acceptors (Lipinski definition) is 6. The molecule has 0 unspecified atom stereocenters. The minimum Gasteiger partial charge on any atom is -0.395 e. The van der Waals surface area contributed by atoms with Gasteiger partial charge < -0.3 is 24.4 Å². The molecule has 182 valence electrons. The summed E-state index contributed by atoms with van der Waals surface area (Å²) in [5.41, 5.74) is 0. The normalized spacial score (nSPS) is 11.6. The summed E-state index contributed by atoms with van der Waals surface area (Å²) in [6.07, 6.45) is 16.4. The van der Waals surface area contributed by atoms with Crippen LogP contribution in [0.3, 0.4) is 0 Å². The van der Waals surface area contributed by atoms with E-state index in [9.17, 15) is 5.11 Å². The van der Waals surface area contributed by atoms with Crippen LogP contribution in [0.5, 0.6) is 0 Å². The summed E-state index contributed by atoms with van der Waals surface area (Å²) in [5, 5.41) is 17.9. The lowest BCUT2D eigenvalue weighted by atomic mass is 10.1. The molecule has 0 fully saturated rings. The van der Waals surface area contributed by atoms with Crippen molar-refractivity contribution in [3.05, 3.63) is 0 Å². The van der Waals surface area contributed by atoms with Gasteiger partial charge in [0.25, 0.3) is 0 Å². The Hall–Kier alpha value is -0.240. The summed E-state index contributed by atoms with van der Waals surface area (Å²) in [6, 6.07) is 0. The predicted octanol–water partition coefficient (Wildman–Crippen LogP) is 4.02. The van der Waals surface area contributed by atoms with Gasteiger partial charge in [-0.05, 0) is 13.0 Å². The van der Waals surface area contributed by atoms with Crippen LogP contribution in [0, 0.1) is 0 Å². The van der Waals surface area contributed by atoms with Crippen molar-refractivity contribution in [3.63, 3.8) is 0 Å². The first-order chi connectivity index (χ1) is 14.8. The van der Waals surface area contributed by atoms with E-state index < -0.39 is 0 Å². The molecule has 0 radical (unpaired) electrons. The smallest absolute Gasteiger partial charge is 0.0701 e. The Bertz CT molecular complexity index is 307. The van der Waals surface area contributed by atoms with Gasteiger partial charge in [-0.25, -0.2) is 0 Å². The number of ether oxygens (including phenoxy) is 3. The Morgan fingerprint density at radius 3 is 1.43 bits per heavy atom. The molecule has 0 atom stereocenters. The van der Waals surface area contributed by atoms with E-state index in [2.05, 4.69) is 11.8 Å². The van der Waals surface area contributed by atoms with E-state index in [1.165, 1.54) is 77.0 Å². The predicted molar refractivity (Wildman–Crippen MR) is 124 cm³/mol. The lowest BCUT2D eigenvalue weighted by Crippen LogP contribution is -2.31. The van der Waals surface area contributed by atoms with Crippen LogP contribution in [0.4, 0.5) is 0 Å². The molecular formula is C24H51NO5. The fraction of sp³-hybridized carbons (Fsp3) is 1.00. The third-order valence-electron chi connectivity index (χ3n) is 5.28. The summed E-state index contributed by atoms with van der Waals surface area (Å²) in [5.74, 6) is 0. The molecule has 0 aromatic heterocycles.